The van der Waals surface area contributed by atoms with Gasteiger partial charge in [0.15, 0.2) is 12.7 Å². The minimum atomic E-state index is -4.48. The van der Waals surface area contributed by atoms with E-state index in [2.05, 4.69) is 4.74 Å². The number of carbonyl (C=O) groups excluding carboxylic acids is 4. The van der Waals surface area contributed by atoms with Crippen molar-refractivity contribution in [2.75, 3.05) is 11.5 Å². The maximum absolute atomic E-state index is 12.3. The largest absolute Gasteiger partial charge is 0.484 e. The Labute approximate surface area is 225 Å². The molecule has 0 saturated heterocycles. The van der Waals surface area contributed by atoms with Crippen LogP contribution in [-0.4, -0.2) is 47.7 Å². The minimum absolute atomic E-state index is 0.0556. The molecule has 206 valence electrons. The van der Waals surface area contributed by atoms with E-state index in [1.54, 1.807) is 0 Å². The van der Waals surface area contributed by atoms with Crippen LogP contribution in [0, 0.1) is 0 Å². The number of anilines is 1. The Hall–Kier alpha value is -4.97. The number of alkyl halides is 3. The molecule has 1 aliphatic rings. The highest BCUT2D eigenvalue weighted by atomic mass is 19.4. The normalized spacial score (nSPS) is 13.8. The lowest BCUT2D eigenvalue weighted by Gasteiger charge is -2.15. The first kappa shape index (κ1) is 28.0. The third-order valence-corrected chi connectivity index (χ3v) is 5.45. The van der Waals surface area contributed by atoms with Gasteiger partial charge in [0, 0.05) is 18.6 Å². The molecule has 40 heavy (non-hydrogen) atoms. The summed E-state index contributed by atoms with van der Waals surface area (Å²) in [6.45, 7) is -1.45. The van der Waals surface area contributed by atoms with Gasteiger partial charge in [0.2, 0.25) is 0 Å². The lowest BCUT2D eigenvalue weighted by Crippen LogP contribution is -2.29. The van der Waals surface area contributed by atoms with Crippen LogP contribution in [0.1, 0.15) is 15.9 Å². The molecular formula is C28H20F3NO8. The van der Waals surface area contributed by atoms with E-state index in [1.807, 2.05) is 0 Å². The molecule has 1 aliphatic heterocycles. The number of hydrogen-bond donors (Lipinski definition) is 1. The summed E-state index contributed by atoms with van der Waals surface area (Å²) in [6, 6.07) is 16.5. The fourth-order valence-corrected chi connectivity index (χ4v) is 3.52. The average molecular weight is 555 g/mol. The van der Waals surface area contributed by atoms with Gasteiger partial charge in [-0.05, 0) is 66.2 Å². The third-order valence-electron chi connectivity index (χ3n) is 5.45. The molecule has 9 nitrogen and oxygen atoms in total. The number of aliphatic hydroxyl groups excluding tert-OH is 1. The zero-order valence-corrected chi connectivity index (χ0v) is 20.5. The lowest BCUT2D eigenvalue weighted by molar-refractivity contribution is -0.153. The Morgan fingerprint density at radius 3 is 1.88 bits per heavy atom. The van der Waals surface area contributed by atoms with Crippen LogP contribution in [0.4, 0.5) is 18.9 Å². The molecule has 4 rings (SSSR count). The lowest BCUT2D eigenvalue weighted by atomic mass is 10.1. The summed E-state index contributed by atoms with van der Waals surface area (Å²) in [4.78, 5) is 49.1. The average Bonchev–Trinajstić information content (AvgIpc) is 3.26. The number of halogens is 3. The minimum Gasteiger partial charge on any atom is -0.484 e. The number of rotatable bonds is 9. The van der Waals surface area contributed by atoms with E-state index >= 15 is 0 Å². The van der Waals surface area contributed by atoms with E-state index in [4.69, 9.17) is 9.47 Å². The van der Waals surface area contributed by atoms with Gasteiger partial charge in [-0.25, -0.2) is 14.5 Å². The second-order valence-corrected chi connectivity index (χ2v) is 8.44. The molecule has 1 heterocycles. The second kappa shape index (κ2) is 11.8. The molecule has 3 aromatic rings. The molecule has 2 amide bonds. The summed E-state index contributed by atoms with van der Waals surface area (Å²) in [5.41, 5.74) is 0.919. The highest BCUT2D eigenvalue weighted by Gasteiger charge is 2.28. The first-order valence-corrected chi connectivity index (χ1v) is 11.7. The quantitative estimate of drug-likeness (QED) is 0.241. The van der Waals surface area contributed by atoms with Crippen molar-refractivity contribution < 1.29 is 51.7 Å². The molecule has 1 atom stereocenters. The van der Waals surface area contributed by atoms with Crippen molar-refractivity contribution in [3.63, 3.8) is 0 Å². The number of imide groups is 1. The maximum atomic E-state index is 12.3. The summed E-state index contributed by atoms with van der Waals surface area (Å²) in [7, 11) is 0. The summed E-state index contributed by atoms with van der Waals surface area (Å²) < 4.78 is 51.7. The number of carbonyl (C=O) groups is 4. The summed E-state index contributed by atoms with van der Waals surface area (Å²) in [5, 5.41) is 10.3. The van der Waals surface area contributed by atoms with Crippen LogP contribution in [0.15, 0.2) is 84.9 Å². The van der Waals surface area contributed by atoms with Crippen LogP contribution in [0.2, 0.25) is 0 Å². The van der Waals surface area contributed by atoms with Crippen LogP contribution >= 0.6 is 0 Å². The van der Waals surface area contributed by atoms with Crippen molar-refractivity contribution in [3.8, 4) is 17.2 Å². The molecule has 3 aromatic carbocycles. The zero-order chi connectivity index (χ0) is 28.9. The number of esters is 2. The Balaban J connectivity index is 1.26. The van der Waals surface area contributed by atoms with Crippen LogP contribution in [0.5, 0.6) is 17.2 Å². The Bertz CT molecular complexity index is 1410. The Morgan fingerprint density at radius 1 is 0.775 bits per heavy atom. The van der Waals surface area contributed by atoms with E-state index < -0.39 is 42.6 Å². The first-order valence-electron chi connectivity index (χ1n) is 11.7. The third kappa shape index (κ3) is 7.32. The monoisotopic (exact) mass is 555 g/mol. The molecule has 0 bridgehead atoms. The van der Waals surface area contributed by atoms with Gasteiger partial charge < -0.3 is 19.3 Å². The van der Waals surface area contributed by atoms with E-state index in [9.17, 15) is 37.5 Å². The predicted molar refractivity (Wildman–Crippen MR) is 133 cm³/mol. The van der Waals surface area contributed by atoms with Crippen molar-refractivity contribution in [3.05, 3.63) is 96.1 Å². The smallest absolute Gasteiger partial charge is 0.422 e. The standard InChI is InChI=1S/C28H20F3NO8/c29-28(30,31)16-38-20-9-3-18(4-10-20)26(36)39-21-7-1-17(2-8-21)15-23(33)27(37)40-22-11-5-19(6-12-22)32-24(34)13-14-25(32)35/h1-14,23,33H,15-16H2. The van der Waals surface area contributed by atoms with Crippen LogP contribution in [0.25, 0.3) is 0 Å². The molecule has 0 aromatic heterocycles. The van der Waals surface area contributed by atoms with Crippen LogP contribution in [0.3, 0.4) is 0 Å². The van der Waals surface area contributed by atoms with Gasteiger partial charge in [-0.15, -0.1) is 0 Å². The van der Waals surface area contributed by atoms with Crippen LogP contribution < -0.4 is 19.1 Å². The van der Waals surface area contributed by atoms with Crippen molar-refractivity contribution in [1.82, 2.24) is 0 Å². The van der Waals surface area contributed by atoms with Crippen molar-refractivity contribution in [1.29, 1.82) is 0 Å². The topological polar surface area (TPSA) is 119 Å². The van der Waals surface area contributed by atoms with Gasteiger partial charge in [-0.1, -0.05) is 12.1 Å². The van der Waals surface area contributed by atoms with E-state index in [0.29, 0.717) is 11.3 Å². The highest BCUT2D eigenvalue weighted by molar-refractivity contribution is 6.28. The number of amides is 2. The molecule has 1 unspecified atom stereocenters. The number of aliphatic hydroxyl groups is 1. The van der Waals surface area contributed by atoms with Gasteiger partial charge in [-0.3, -0.25) is 9.59 Å². The van der Waals surface area contributed by atoms with Crippen molar-refractivity contribution in [2.45, 2.75) is 18.7 Å². The zero-order valence-electron chi connectivity index (χ0n) is 20.5. The predicted octanol–water partition coefficient (Wildman–Crippen LogP) is 3.79. The van der Waals surface area contributed by atoms with Gasteiger partial charge >= 0.3 is 18.1 Å². The van der Waals surface area contributed by atoms with Gasteiger partial charge in [-0.2, -0.15) is 13.2 Å². The van der Waals surface area contributed by atoms with Crippen LogP contribution in [-0.2, 0) is 20.8 Å². The molecule has 0 saturated carbocycles. The molecular weight excluding hydrogens is 535 g/mol. The summed E-state index contributed by atoms with van der Waals surface area (Å²) in [6.07, 6.45) is -3.81. The Kier molecular flexibility index (Phi) is 8.29. The van der Waals surface area contributed by atoms with Crippen molar-refractivity contribution >= 4 is 29.4 Å². The molecule has 1 N–H and O–H groups in total. The SMILES string of the molecule is O=C(Oc1ccc(CC(O)C(=O)Oc2ccc(N3C(=O)C=CC3=O)cc2)cc1)c1ccc(OCC(F)(F)F)cc1. The van der Waals surface area contributed by atoms with Gasteiger partial charge in [0.25, 0.3) is 11.8 Å². The Morgan fingerprint density at radius 2 is 1.30 bits per heavy atom. The number of hydrogen-bond acceptors (Lipinski definition) is 8. The van der Waals surface area contributed by atoms with Gasteiger partial charge in [0.1, 0.15) is 17.2 Å². The molecule has 0 fully saturated rings. The van der Waals surface area contributed by atoms with Crippen molar-refractivity contribution in [2.24, 2.45) is 0 Å². The molecule has 0 spiro atoms. The molecule has 0 aliphatic carbocycles. The number of ether oxygens (including phenoxy) is 3. The summed E-state index contributed by atoms with van der Waals surface area (Å²) in [5.74, 6) is -2.45. The first-order chi connectivity index (χ1) is 19.0. The van der Waals surface area contributed by atoms with E-state index in [0.717, 1.165) is 17.1 Å². The number of nitrogens with zero attached hydrogens (tertiary/aromatic N) is 1. The molecule has 0 radical (unpaired) electrons. The van der Waals surface area contributed by atoms with E-state index in [-0.39, 0.29) is 29.2 Å². The van der Waals surface area contributed by atoms with Gasteiger partial charge in [0.05, 0.1) is 11.3 Å². The maximum Gasteiger partial charge on any atom is 0.422 e. The highest BCUT2D eigenvalue weighted by Crippen LogP contribution is 2.23. The molecule has 12 heteroatoms. The fourth-order valence-electron chi connectivity index (χ4n) is 3.52. The fraction of sp³-hybridized carbons (Fsp3) is 0.143. The number of benzene rings is 3. The van der Waals surface area contributed by atoms with E-state index in [1.165, 1.54) is 72.8 Å². The second-order valence-electron chi connectivity index (χ2n) is 8.44. The summed E-state index contributed by atoms with van der Waals surface area (Å²) >= 11 is 0.